The Hall–Kier alpha value is -1.42. The summed E-state index contributed by atoms with van der Waals surface area (Å²) in [6.45, 7) is 1.32. The van der Waals surface area contributed by atoms with Gasteiger partial charge in [0, 0.05) is 25.4 Å². The second-order valence-electron chi connectivity index (χ2n) is 4.69. The third-order valence-electron chi connectivity index (χ3n) is 3.33. The van der Waals surface area contributed by atoms with Gasteiger partial charge in [0.1, 0.15) is 0 Å². The van der Waals surface area contributed by atoms with Crippen molar-refractivity contribution in [3.8, 4) is 11.5 Å². The van der Waals surface area contributed by atoms with E-state index in [-0.39, 0.29) is 11.8 Å². The van der Waals surface area contributed by atoms with Gasteiger partial charge in [0.2, 0.25) is 5.91 Å². The summed E-state index contributed by atoms with van der Waals surface area (Å²) in [5.41, 5.74) is 1.03. The average molecular weight is 284 g/mol. The summed E-state index contributed by atoms with van der Waals surface area (Å²) in [7, 11) is 3.21. The first-order valence-corrected chi connectivity index (χ1v) is 6.76. The van der Waals surface area contributed by atoms with Crippen LogP contribution < -0.4 is 9.47 Å². The lowest BCUT2D eigenvalue weighted by Crippen LogP contribution is -2.24. The number of hydrogen-bond donors (Lipinski definition) is 0. The van der Waals surface area contributed by atoms with E-state index in [2.05, 4.69) is 0 Å². The Kier molecular flexibility index (Phi) is 4.53. The van der Waals surface area contributed by atoms with Crippen molar-refractivity contribution < 1.29 is 14.3 Å². The Morgan fingerprint density at radius 1 is 1.32 bits per heavy atom. The zero-order valence-electron chi connectivity index (χ0n) is 11.2. The lowest BCUT2D eigenvalue weighted by molar-refractivity contribution is -0.128. The van der Waals surface area contributed by atoms with E-state index >= 15 is 0 Å². The molecule has 104 valence electrons. The molecule has 1 heterocycles. The molecule has 0 bridgehead atoms. The molecular weight excluding hydrogens is 266 g/mol. The van der Waals surface area contributed by atoms with Crippen molar-refractivity contribution in [1.29, 1.82) is 0 Å². The molecule has 2 rings (SSSR count). The zero-order valence-corrected chi connectivity index (χ0v) is 11.9. The smallest absolute Gasteiger partial charge is 0.223 e. The highest BCUT2D eigenvalue weighted by Gasteiger charge is 2.28. The largest absolute Gasteiger partial charge is 0.493 e. The molecule has 0 aliphatic carbocycles. The molecular formula is C14H18ClNO3. The van der Waals surface area contributed by atoms with Crippen molar-refractivity contribution in [3.63, 3.8) is 0 Å². The second kappa shape index (κ2) is 6.15. The predicted molar refractivity (Wildman–Crippen MR) is 73.8 cm³/mol. The number of likely N-dealkylation sites (tertiary alicyclic amines) is 1. The Balaban J connectivity index is 2.09. The van der Waals surface area contributed by atoms with Crippen molar-refractivity contribution in [2.75, 3.05) is 26.6 Å². The van der Waals surface area contributed by atoms with Gasteiger partial charge in [0.15, 0.2) is 11.5 Å². The van der Waals surface area contributed by atoms with Gasteiger partial charge < -0.3 is 14.4 Å². The maximum atomic E-state index is 11.8. The quantitative estimate of drug-likeness (QED) is 0.778. The first-order chi connectivity index (χ1) is 9.17. The Bertz CT molecular complexity index is 464. The number of carbonyl (C=O) groups is 1. The number of rotatable bonds is 5. The molecule has 1 saturated heterocycles. The van der Waals surface area contributed by atoms with E-state index in [9.17, 15) is 4.79 Å². The number of ether oxygens (including phenoxy) is 2. The number of hydrogen-bond acceptors (Lipinski definition) is 3. The Morgan fingerprint density at radius 2 is 2.05 bits per heavy atom. The van der Waals surface area contributed by atoms with Crippen LogP contribution in [0.1, 0.15) is 12.0 Å². The van der Waals surface area contributed by atoms with Gasteiger partial charge in [-0.2, -0.15) is 0 Å². The number of methoxy groups -OCH3 is 2. The minimum atomic E-state index is 0.167. The first-order valence-electron chi connectivity index (χ1n) is 6.22. The van der Waals surface area contributed by atoms with E-state index in [0.717, 1.165) is 12.1 Å². The van der Waals surface area contributed by atoms with Crippen LogP contribution >= 0.6 is 11.6 Å². The van der Waals surface area contributed by atoms with Crippen LogP contribution in [0.25, 0.3) is 0 Å². The van der Waals surface area contributed by atoms with Gasteiger partial charge in [-0.3, -0.25) is 4.79 Å². The monoisotopic (exact) mass is 283 g/mol. The number of alkyl halides is 1. The molecule has 0 saturated carbocycles. The normalized spacial score (nSPS) is 18.8. The molecule has 1 aromatic rings. The van der Waals surface area contributed by atoms with Gasteiger partial charge in [0.25, 0.3) is 0 Å². The predicted octanol–water partition coefficient (Wildman–Crippen LogP) is 2.29. The molecule has 1 unspecified atom stereocenters. The molecule has 0 aromatic heterocycles. The van der Waals surface area contributed by atoms with Crippen LogP contribution in [0.3, 0.4) is 0 Å². The van der Waals surface area contributed by atoms with Crippen LogP contribution in [-0.4, -0.2) is 37.5 Å². The van der Waals surface area contributed by atoms with Crippen LogP contribution in [-0.2, 0) is 11.3 Å². The van der Waals surface area contributed by atoms with Crippen molar-refractivity contribution in [3.05, 3.63) is 23.8 Å². The third kappa shape index (κ3) is 3.13. The lowest BCUT2D eigenvalue weighted by Gasteiger charge is -2.17. The highest BCUT2D eigenvalue weighted by molar-refractivity contribution is 6.18. The summed E-state index contributed by atoms with van der Waals surface area (Å²) in [6.07, 6.45) is 0.552. The van der Waals surface area contributed by atoms with Gasteiger partial charge in [-0.25, -0.2) is 0 Å². The molecule has 1 aliphatic heterocycles. The third-order valence-corrected chi connectivity index (χ3v) is 3.77. The summed E-state index contributed by atoms with van der Waals surface area (Å²) in [6, 6.07) is 5.70. The summed E-state index contributed by atoms with van der Waals surface area (Å²) in [4.78, 5) is 13.7. The molecule has 1 amide bonds. The summed E-state index contributed by atoms with van der Waals surface area (Å²) in [5.74, 6) is 2.35. The van der Waals surface area contributed by atoms with Crippen LogP contribution in [0.2, 0.25) is 0 Å². The fourth-order valence-electron chi connectivity index (χ4n) is 2.31. The number of nitrogens with zero attached hydrogens (tertiary/aromatic N) is 1. The second-order valence-corrected chi connectivity index (χ2v) is 5.00. The highest BCUT2D eigenvalue weighted by atomic mass is 35.5. The summed E-state index contributed by atoms with van der Waals surface area (Å²) in [5, 5.41) is 0. The fourth-order valence-corrected chi connectivity index (χ4v) is 2.52. The van der Waals surface area contributed by atoms with E-state index in [1.54, 1.807) is 14.2 Å². The minimum Gasteiger partial charge on any atom is -0.493 e. The average Bonchev–Trinajstić information content (AvgIpc) is 2.79. The van der Waals surface area contributed by atoms with Crippen LogP contribution in [0.15, 0.2) is 18.2 Å². The van der Waals surface area contributed by atoms with Gasteiger partial charge >= 0.3 is 0 Å². The van der Waals surface area contributed by atoms with Gasteiger partial charge in [-0.05, 0) is 23.6 Å². The molecule has 1 aliphatic rings. The van der Waals surface area contributed by atoms with E-state index in [4.69, 9.17) is 21.1 Å². The summed E-state index contributed by atoms with van der Waals surface area (Å²) >= 11 is 5.81. The maximum Gasteiger partial charge on any atom is 0.223 e. The Labute approximate surface area is 118 Å². The molecule has 19 heavy (non-hydrogen) atoms. The van der Waals surface area contributed by atoms with E-state index < -0.39 is 0 Å². The lowest BCUT2D eigenvalue weighted by atomic mass is 10.1. The van der Waals surface area contributed by atoms with E-state index in [1.165, 1.54) is 0 Å². The fraction of sp³-hybridized carbons (Fsp3) is 0.500. The molecule has 4 nitrogen and oxygen atoms in total. The van der Waals surface area contributed by atoms with Crippen molar-refractivity contribution in [2.45, 2.75) is 13.0 Å². The van der Waals surface area contributed by atoms with Crippen molar-refractivity contribution in [2.24, 2.45) is 5.92 Å². The first kappa shape index (κ1) is 14.0. The minimum absolute atomic E-state index is 0.167. The highest BCUT2D eigenvalue weighted by Crippen LogP contribution is 2.29. The van der Waals surface area contributed by atoms with Gasteiger partial charge in [0.05, 0.1) is 14.2 Å². The SMILES string of the molecule is COc1ccc(CN2CC(CCl)CC2=O)cc1OC. The van der Waals surface area contributed by atoms with Crippen LogP contribution in [0.5, 0.6) is 11.5 Å². The molecule has 5 heteroatoms. The van der Waals surface area contributed by atoms with Gasteiger partial charge in [-0.15, -0.1) is 11.6 Å². The van der Waals surface area contributed by atoms with E-state index in [1.807, 2.05) is 23.1 Å². The molecule has 0 radical (unpaired) electrons. The Morgan fingerprint density at radius 3 is 2.63 bits per heavy atom. The molecule has 0 N–H and O–H groups in total. The number of halogens is 1. The van der Waals surface area contributed by atoms with Crippen molar-refractivity contribution >= 4 is 17.5 Å². The zero-order chi connectivity index (χ0) is 13.8. The standard InChI is InChI=1S/C14H18ClNO3/c1-18-12-4-3-10(5-13(12)19-2)8-16-9-11(7-15)6-14(16)17/h3-5,11H,6-9H2,1-2H3. The van der Waals surface area contributed by atoms with Gasteiger partial charge in [-0.1, -0.05) is 6.07 Å². The summed E-state index contributed by atoms with van der Waals surface area (Å²) < 4.78 is 10.5. The number of carbonyl (C=O) groups excluding carboxylic acids is 1. The molecule has 1 fully saturated rings. The van der Waals surface area contributed by atoms with Crippen LogP contribution in [0.4, 0.5) is 0 Å². The maximum absolute atomic E-state index is 11.8. The van der Waals surface area contributed by atoms with Crippen LogP contribution in [0, 0.1) is 5.92 Å². The number of benzene rings is 1. The molecule has 1 aromatic carbocycles. The topological polar surface area (TPSA) is 38.8 Å². The van der Waals surface area contributed by atoms with E-state index in [0.29, 0.717) is 30.3 Å². The molecule has 0 spiro atoms. The van der Waals surface area contributed by atoms with Crippen molar-refractivity contribution in [1.82, 2.24) is 4.90 Å². The number of amides is 1. The molecule has 1 atom stereocenters.